The highest BCUT2D eigenvalue weighted by Gasteiger charge is 2.22. The summed E-state index contributed by atoms with van der Waals surface area (Å²) in [6.45, 7) is 2.33. The third-order valence-corrected chi connectivity index (χ3v) is 3.66. The van der Waals surface area contributed by atoms with Crippen LogP contribution in [0, 0.1) is 0 Å². The lowest BCUT2D eigenvalue weighted by atomic mass is 10.3. The van der Waals surface area contributed by atoms with Crippen molar-refractivity contribution in [1.82, 2.24) is 10.0 Å². The molecule has 0 heterocycles. The predicted molar refractivity (Wildman–Crippen MR) is 61.7 cm³/mol. The minimum absolute atomic E-state index is 0.121. The van der Waals surface area contributed by atoms with Crippen LogP contribution in [-0.4, -0.2) is 50.3 Å². The van der Waals surface area contributed by atoms with E-state index in [0.717, 1.165) is 0 Å². The van der Waals surface area contributed by atoms with Gasteiger partial charge in [0.25, 0.3) is 6.43 Å². The number of amides is 1. The number of hydrogen-bond donors (Lipinski definition) is 3. The van der Waals surface area contributed by atoms with Gasteiger partial charge in [-0.2, -0.15) is 0 Å². The summed E-state index contributed by atoms with van der Waals surface area (Å²) in [5, 5.41) is 10.8. The van der Waals surface area contributed by atoms with E-state index in [2.05, 4.69) is 4.72 Å². The average molecular weight is 288 g/mol. The Morgan fingerprint density at radius 2 is 1.94 bits per heavy atom. The summed E-state index contributed by atoms with van der Waals surface area (Å²) in [6, 6.07) is -1.08. The Kier molecular flexibility index (Phi) is 7.26. The molecule has 0 saturated heterocycles. The van der Waals surface area contributed by atoms with Gasteiger partial charge in [-0.3, -0.25) is 4.79 Å². The molecule has 0 aliphatic carbocycles. The van der Waals surface area contributed by atoms with Gasteiger partial charge in [0, 0.05) is 6.54 Å². The van der Waals surface area contributed by atoms with E-state index in [-0.39, 0.29) is 5.75 Å². The van der Waals surface area contributed by atoms with E-state index in [9.17, 15) is 22.0 Å². The van der Waals surface area contributed by atoms with Gasteiger partial charge >= 0.3 is 0 Å². The van der Waals surface area contributed by atoms with Crippen molar-refractivity contribution in [2.24, 2.45) is 0 Å². The minimum atomic E-state index is -3.55. The van der Waals surface area contributed by atoms with E-state index in [1.807, 2.05) is 5.32 Å². The number of rotatable bonds is 8. The van der Waals surface area contributed by atoms with E-state index in [1.165, 1.54) is 6.92 Å². The maximum absolute atomic E-state index is 11.9. The molecule has 18 heavy (non-hydrogen) atoms. The van der Waals surface area contributed by atoms with Crippen LogP contribution in [0.1, 0.15) is 20.3 Å². The monoisotopic (exact) mass is 288 g/mol. The summed E-state index contributed by atoms with van der Waals surface area (Å²) < 4.78 is 48.6. The van der Waals surface area contributed by atoms with Gasteiger partial charge in [0.05, 0.1) is 11.8 Å². The second-order valence-corrected chi connectivity index (χ2v) is 5.68. The number of sulfonamides is 1. The van der Waals surface area contributed by atoms with Crippen molar-refractivity contribution < 1.29 is 27.1 Å². The molecule has 0 fully saturated rings. The van der Waals surface area contributed by atoms with Gasteiger partial charge in [0.2, 0.25) is 15.9 Å². The molecular formula is C9H18F2N2O4S. The maximum atomic E-state index is 11.9. The molecule has 0 radical (unpaired) electrons. The molecule has 108 valence electrons. The topological polar surface area (TPSA) is 95.5 Å². The van der Waals surface area contributed by atoms with E-state index in [4.69, 9.17) is 5.11 Å². The van der Waals surface area contributed by atoms with Crippen LogP contribution in [0.3, 0.4) is 0 Å². The first-order valence-electron chi connectivity index (χ1n) is 5.43. The van der Waals surface area contributed by atoms with Crippen molar-refractivity contribution >= 4 is 15.9 Å². The quantitative estimate of drug-likeness (QED) is 0.558. The van der Waals surface area contributed by atoms with Crippen molar-refractivity contribution in [3.63, 3.8) is 0 Å². The first-order chi connectivity index (χ1) is 8.19. The van der Waals surface area contributed by atoms with Gasteiger partial charge in [0.15, 0.2) is 0 Å². The lowest BCUT2D eigenvalue weighted by molar-refractivity contribution is -0.123. The number of nitrogens with one attached hydrogen (secondary N) is 2. The van der Waals surface area contributed by atoms with E-state index in [1.54, 1.807) is 6.92 Å². The summed E-state index contributed by atoms with van der Waals surface area (Å²) in [5.41, 5.74) is 0. The van der Waals surface area contributed by atoms with Crippen LogP contribution in [0.4, 0.5) is 8.78 Å². The number of alkyl halides is 2. The third-order valence-electron chi connectivity index (χ3n) is 2.00. The number of carbonyl (C=O) groups excluding carboxylic acids is 1. The van der Waals surface area contributed by atoms with Crippen LogP contribution in [0.5, 0.6) is 0 Å². The van der Waals surface area contributed by atoms with Gasteiger partial charge in [-0.1, -0.05) is 6.92 Å². The Bertz CT molecular complexity index is 362. The third kappa shape index (κ3) is 6.82. The Hall–Kier alpha value is -0.800. The normalized spacial score (nSPS) is 15.4. The highest BCUT2D eigenvalue weighted by molar-refractivity contribution is 7.89. The fraction of sp³-hybridized carbons (Fsp3) is 0.889. The molecule has 6 nitrogen and oxygen atoms in total. The molecule has 9 heteroatoms. The number of aliphatic hydroxyl groups excluding tert-OH is 1. The molecule has 0 aliphatic rings. The smallest absolute Gasteiger partial charge is 0.265 e. The molecule has 0 spiro atoms. The minimum Gasteiger partial charge on any atom is -0.385 e. The van der Waals surface area contributed by atoms with Crippen LogP contribution >= 0.6 is 0 Å². The van der Waals surface area contributed by atoms with E-state index in [0.29, 0.717) is 6.42 Å². The number of carbonyl (C=O) groups is 1. The van der Waals surface area contributed by atoms with Crippen LogP contribution < -0.4 is 10.0 Å². The molecule has 0 aromatic carbocycles. The van der Waals surface area contributed by atoms with Crippen LogP contribution in [0.15, 0.2) is 0 Å². The molecule has 2 unspecified atom stereocenters. The molecule has 0 aromatic rings. The lowest BCUT2D eigenvalue weighted by Gasteiger charge is -2.15. The summed E-state index contributed by atoms with van der Waals surface area (Å²) in [7, 11) is -3.55. The molecule has 3 N–H and O–H groups in total. The second-order valence-electron chi connectivity index (χ2n) is 3.81. The Balaban J connectivity index is 4.20. The van der Waals surface area contributed by atoms with Crippen LogP contribution in [0.25, 0.3) is 0 Å². The van der Waals surface area contributed by atoms with Gasteiger partial charge in [-0.05, 0) is 13.3 Å². The van der Waals surface area contributed by atoms with Gasteiger partial charge < -0.3 is 10.4 Å². The van der Waals surface area contributed by atoms with E-state index < -0.39 is 41.0 Å². The zero-order chi connectivity index (χ0) is 14.3. The fourth-order valence-electron chi connectivity index (χ4n) is 1.10. The van der Waals surface area contributed by atoms with Crippen molar-refractivity contribution in [2.75, 3.05) is 12.3 Å². The SMILES string of the molecule is CCCS(=O)(=O)NC(C)C(=O)NCC(O)C(F)F. The van der Waals surface area contributed by atoms with Crippen molar-refractivity contribution in [1.29, 1.82) is 0 Å². The molecule has 0 rings (SSSR count). The zero-order valence-corrected chi connectivity index (χ0v) is 11.0. The highest BCUT2D eigenvalue weighted by atomic mass is 32.2. The van der Waals surface area contributed by atoms with Crippen LogP contribution in [-0.2, 0) is 14.8 Å². The van der Waals surface area contributed by atoms with Gasteiger partial charge in [-0.15, -0.1) is 0 Å². The zero-order valence-electron chi connectivity index (χ0n) is 10.2. The fourth-order valence-corrected chi connectivity index (χ4v) is 2.40. The molecule has 1 amide bonds. The summed E-state index contributed by atoms with van der Waals surface area (Å²) in [5.74, 6) is -0.890. The Morgan fingerprint density at radius 1 is 1.39 bits per heavy atom. The number of hydrogen-bond acceptors (Lipinski definition) is 4. The number of halogens is 2. The summed E-state index contributed by atoms with van der Waals surface area (Å²) >= 11 is 0. The average Bonchev–Trinajstić information content (AvgIpc) is 2.24. The molecular weight excluding hydrogens is 270 g/mol. The molecule has 0 bridgehead atoms. The Morgan fingerprint density at radius 3 is 2.39 bits per heavy atom. The van der Waals surface area contributed by atoms with E-state index >= 15 is 0 Å². The van der Waals surface area contributed by atoms with Crippen LogP contribution in [0.2, 0.25) is 0 Å². The first-order valence-corrected chi connectivity index (χ1v) is 7.08. The van der Waals surface area contributed by atoms with Gasteiger partial charge in [0.1, 0.15) is 6.10 Å². The standard InChI is InChI=1S/C9H18F2N2O4S/c1-3-4-18(16,17)13-6(2)9(15)12-5-7(14)8(10)11/h6-8,13-14H,3-5H2,1-2H3,(H,12,15). The largest absolute Gasteiger partial charge is 0.385 e. The molecule has 0 aliphatic heterocycles. The van der Waals surface area contributed by atoms with Crippen molar-refractivity contribution in [3.05, 3.63) is 0 Å². The molecule has 2 atom stereocenters. The first kappa shape index (κ1) is 17.2. The lowest BCUT2D eigenvalue weighted by Crippen LogP contribution is -2.47. The molecule has 0 aromatic heterocycles. The molecule has 0 saturated carbocycles. The highest BCUT2D eigenvalue weighted by Crippen LogP contribution is 1.99. The maximum Gasteiger partial charge on any atom is 0.265 e. The summed E-state index contributed by atoms with van der Waals surface area (Å²) in [6.07, 6.45) is -4.53. The van der Waals surface area contributed by atoms with Crippen molar-refractivity contribution in [3.8, 4) is 0 Å². The summed E-state index contributed by atoms with van der Waals surface area (Å²) in [4.78, 5) is 11.4. The second kappa shape index (κ2) is 7.59. The van der Waals surface area contributed by atoms with Crippen molar-refractivity contribution in [2.45, 2.75) is 38.8 Å². The predicted octanol–water partition coefficient (Wildman–Crippen LogP) is -0.553. The van der Waals surface area contributed by atoms with Gasteiger partial charge in [-0.25, -0.2) is 21.9 Å². The Labute approximate surface area is 105 Å². The number of aliphatic hydroxyl groups is 1.